The average Bonchev–Trinajstić information content (AvgIpc) is 2.79. The molecule has 96 valence electrons. The monoisotopic (exact) mass is 250 g/mol. The molecular weight excluding hydrogens is 235 g/mol. The van der Waals surface area contributed by atoms with Gasteiger partial charge >= 0.3 is 0 Å². The van der Waals surface area contributed by atoms with Crippen LogP contribution in [0.2, 0.25) is 0 Å². The number of nitrogens with zero attached hydrogens (tertiary/aromatic N) is 1. The Labute approximate surface area is 105 Å². The van der Waals surface area contributed by atoms with E-state index in [1.165, 1.54) is 6.07 Å². The highest BCUT2D eigenvalue weighted by Crippen LogP contribution is 2.19. The molecule has 2 rings (SSSR count). The average molecular weight is 250 g/mol. The van der Waals surface area contributed by atoms with Crippen molar-refractivity contribution in [1.82, 2.24) is 10.5 Å². The van der Waals surface area contributed by atoms with E-state index in [-0.39, 0.29) is 18.2 Å². The summed E-state index contributed by atoms with van der Waals surface area (Å²) < 4.78 is 23.9. The number of rotatable bonds is 5. The Morgan fingerprint density at radius 2 is 2.22 bits per heavy atom. The van der Waals surface area contributed by atoms with E-state index >= 15 is 0 Å². The zero-order valence-corrected chi connectivity index (χ0v) is 10.4. The molecule has 18 heavy (non-hydrogen) atoms. The summed E-state index contributed by atoms with van der Waals surface area (Å²) in [7, 11) is 1.83. The number of hydrogen-bond donors (Lipinski definition) is 1. The molecule has 1 aromatic carbocycles. The molecule has 4 nitrogen and oxygen atoms in total. The number of ether oxygens (including phenoxy) is 1. The van der Waals surface area contributed by atoms with Crippen LogP contribution < -0.4 is 10.1 Å². The first-order valence-corrected chi connectivity index (χ1v) is 5.67. The molecule has 0 saturated heterocycles. The van der Waals surface area contributed by atoms with Gasteiger partial charge in [-0.05, 0) is 31.7 Å². The first-order valence-electron chi connectivity index (χ1n) is 5.67. The molecule has 0 spiro atoms. The lowest BCUT2D eigenvalue weighted by molar-refractivity contribution is 0.239. The molecule has 0 fully saturated rings. The maximum absolute atomic E-state index is 13.4. The van der Waals surface area contributed by atoms with Gasteiger partial charge in [-0.2, -0.15) is 0 Å². The zero-order chi connectivity index (χ0) is 13.0. The second-order valence-electron chi connectivity index (χ2n) is 4.04. The van der Waals surface area contributed by atoms with E-state index in [2.05, 4.69) is 10.5 Å². The van der Waals surface area contributed by atoms with E-state index in [1.807, 2.05) is 14.0 Å². The molecule has 0 amide bonds. The highest BCUT2D eigenvalue weighted by Gasteiger charge is 2.07. The summed E-state index contributed by atoms with van der Waals surface area (Å²) in [5.41, 5.74) is 1.74. The van der Waals surface area contributed by atoms with Gasteiger partial charge < -0.3 is 14.6 Å². The van der Waals surface area contributed by atoms with Gasteiger partial charge in [0.15, 0.2) is 17.3 Å². The van der Waals surface area contributed by atoms with Crippen LogP contribution in [0.25, 0.3) is 0 Å². The summed E-state index contributed by atoms with van der Waals surface area (Å²) in [6.07, 6.45) is 0. The molecule has 2 aromatic rings. The highest BCUT2D eigenvalue weighted by atomic mass is 19.1. The molecule has 0 radical (unpaired) electrons. The third kappa shape index (κ3) is 3.07. The molecule has 0 aliphatic heterocycles. The Bertz CT molecular complexity index is 525. The molecule has 1 aromatic heterocycles. The lowest BCUT2D eigenvalue weighted by Crippen LogP contribution is -2.04. The second kappa shape index (κ2) is 5.64. The van der Waals surface area contributed by atoms with Crippen molar-refractivity contribution in [3.8, 4) is 5.75 Å². The molecule has 5 heteroatoms. The summed E-state index contributed by atoms with van der Waals surface area (Å²) >= 11 is 0. The maximum atomic E-state index is 13.4. The van der Waals surface area contributed by atoms with Gasteiger partial charge in [0.05, 0.1) is 5.69 Å². The predicted molar refractivity (Wildman–Crippen MR) is 64.7 cm³/mol. The Balaban J connectivity index is 1.99. The van der Waals surface area contributed by atoms with Crippen molar-refractivity contribution < 1.29 is 13.7 Å². The number of aromatic nitrogens is 1. The van der Waals surface area contributed by atoms with Gasteiger partial charge in [-0.15, -0.1) is 0 Å². The van der Waals surface area contributed by atoms with Crippen molar-refractivity contribution in [2.45, 2.75) is 20.1 Å². The fraction of sp³-hybridized carbons (Fsp3) is 0.308. The fourth-order valence-electron chi connectivity index (χ4n) is 1.56. The van der Waals surface area contributed by atoms with Crippen LogP contribution in [0.15, 0.2) is 28.8 Å². The Morgan fingerprint density at radius 1 is 1.39 bits per heavy atom. The van der Waals surface area contributed by atoms with Crippen LogP contribution in [0.1, 0.15) is 17.0 Å². The molecule has 0 unspecified atom stereocenters. The van der Waals surface area contributed by atoms with Crippen LogP contribution in [0.4, 0.5) is 4.39 Å². The van der Waals surface area contributed by atoms with E-state index in [9.17, 15) is 4.39 Å². The van der Waals surface area contributed by atoms with E-state index in [0.29, 0.717) is 12.3 Å². The summed E-state index contributed by atoms with van der Waals surface area (Å²) in [6.45, 7) is 2.67. The smallest absolute Gasteiger partial charge is 0.174 e. The topological polar surface area (TPSA) is 47.3 Å². The van der Waals surface area contributed by atoms with Gasteiger partial charge in [-0.1, -0.05) is 11.2 Å². The van der Waals surface area contributed by atoms with Crippen LogP contribution >= 0.6 is 0 Å². The quantitative estimate of drug-likeness (QED) is 0.885. The van der Waals surface area contributed by atoms with E-state index in [0.717, 1.165) is 11.3 Å². The summed E-state index contributed by atoms with van der Waals surface area (Å²) in [4.78, 5) is 0. The van der Waals surface area contributed by atoms with Crippen LogP contribution in [-0.4, -0.2) is 12.2 Å². The molecular formula is C13H15FN2O2. The standard InChI is InChI=1S/C13H15FN2O2/c1-9-3-4-12(14)13(5-9)17-8-11-6-10(7-15-2)16-18-11/h3-6,15H,7-8H2,1-2H3. The Hall–Kier alpha value is -1.88. The van der Waals surface area contributed by atoms with Crippen molar-refractivity contribution in [3.05, 3.63) is 47.1 Å². The van der Waals surface area contributed by atoms with Crippen LogP contribution in [-0.2, 0) is 13.2 Å². The first-order chi connectivity index (χ1) is 8.69. The van der Waals surface area contributed by atoms with Gasteiger partial charge in [0.2, 0.25) is 0 Å². The maximum Gasteiger partial charge on any atom is 0.174 e. The Morgan fingerprint density at radius 3 is 3.00 bits per heavy atom. The first kappa shape index (κ1) is 12.6. The van der Waals surface area contributed by atoms with Crippen molar-refractivity contribution in [2.24, 2.45) is 0 Å². The third-order valence-electron chi connectivity index (χ3n) is 2.42. The minimum atomic E-state index is -0.379. The fourth-order valence-corrected chi connectivity index (χ4v) is 1.56. The highest BCUT2D eigenvalue weighted by molar-refractivity contribution is 5.29. The molecule has 0 atom stereocenters. The number of benzene rings is 1. The van der Waals surface area contributed by atoms with Gasteiger partial charge in [0.25, 0.3) is 0 Å². The van der Waals surface area contributed by atoms with Gasteiger partial charge in [0.1, 0.15) is 6.61 Å². The largest absolute Gasteiger partial charge is 0.482 e. The molecule has 0 aliphatic carbocycles. The lowest BCUT2D eigenvalue weighted by atomic mass is 10.2. The number of aryl methyl sites for hydroxylation is 1. The minimum absolute atomic E-state index is 0.164. The molecule has 1 N–H and O–H groups in total. The summed E-state index contributed by atoms with van der Waals surface area (Å²) in [6, 6.07) is 6.52. The molecule has 1 heterocycles. The predicted octanol–water partition coefficient (Wildman–Crippen LogP) is 2.42. The van der Waals surface area contributed by atoms with Gasteiger partial charge in [0, 0.05) is 12.6 Å². The van der Waals surface area contributed by atoms with Gasteiger partial charge in [-0.25, -0.2) is 4.39 Å². The number of hydrogen-bond acceptors (Lipinski definition) is 4. The van der Waals surface area contributed by atoms with E-state index in [4.69, 9.17) is 9.26 Å². The van der Waals surface area contributed by atoms with E-state index in [1.54, 1.807) is 18.2 Å². The van der Waals surface area contributed by atoms with E-state index < -0.39 is 0 Å². The minimum Gasteiger partial charge on any atom is -0.482 e. The van der Waals surface area contributed by atoms with Crippen molar-refractivity contribution in [1.29, 1.82) is 0 Å². The SMILES string of the molecule is CNCc1cc(COc2cc(C)ccc2F)on1. The third-order valence-corrected chi connectivity index (χ3v) is 2.42. The number of halogens is 1. The molecule has 0 bridgehead atoms. The summed E-state index contributed by atoms with van der Waals surface area (Å²) in [5.74, 6) is 0.415. The molecule has 0 aliphatic rings. The summed E-state index contributed by atoms with van der Waals surface area (Å²) in [5, 5.41) is 6.81. The van der Waals surface area contributed by atoms with Crippen molar-refractivity contribution in [3.63, 3.8) is 0 Å². The Kier molecular flexibility index (Phi) is 3.94. The van der Waals surface area contributed by atoms with Crippen LogP contribution in [0.5, 0.6) is 5.75 Å². The molecule has 0 saturated carbocycles. The lowest BCUT2D eigenvalue weighted by Gasteiger charge is -2.05. The van der Waals surface area contributed by atoms with Crippen molar-refractivity contribution in [2.75, 3.05) is 7.05 Å². The number of nitrogens with one attached hydrogen (secondary N) is 1. The van der Waals surface area contributed by atoms with Gasteiger partial charge in [-0.3, -0.25) is 0 Å². The van der Waals surface area contributed by atoms with Crippen LogP contribution in [0, 0.1) is 12.7 Å². The normalized spacial score (nSPS) is 10.6. The van der Waals surface area contributed by atoms with Crippen molar-refractivity contribution >= 4 is 0 Å². The zero-order valence-electron chi connectivity index (χ0n) is 10.4. The second-order valence-corrected chi connectivity index (χ2v) is 4.04. The van der Waals surface area contributed by atoms with Crippen LogP contribution in [0.3, 0.4) is 0 Å².